The SMILES string of the molecule is CCOc1ccccc1N1C[C@H](C(=O)OCC(=O)Nc2ccc(C)c([N+](=O)[O-])c2)CC1=O. The third-order valence-electron chi connectivity index (χ3n) is 4.95. The molecule has 0 bridgehead atoms. The number of nitrogens with zero attached hydrogens (tertiary/aromatic N) is 2. The second kappa shape index (κ2) is 9.90. The molecule has 10 heteroatoms. The zero-order chi connectivity index (χ0) is 23.3. The van der Waals surface area contributed by atoms with Crippen molar-refractivity contribution in [2.75, 3.05) is 30.0 Å². The van der Waals surface area contributed by atoms with Gasteiger partial charge in [-0.05, 0) is 32.0 Å². The van der Waals surface area contributed by atoms with E-state index in [1.807, 2.05) is 6.92 Å². The minimum Gasteiger partial charge on any atom is -0.492 e. The standard InChI is InChI=1S/C22H23N3O7/c1-3-31-19-7-5-4-6-17(19)24-12-15(10-21(24)27)22(28)32-13-20(26)23-16-9-8-14(2)18(11-16)25(29)30/h4-9,11,15H,3,10,12-13H2,1-2H3,(H,23,26)/t15-/m1/s1. The van der Waals surface area contributed by atoms with E-state index >= 15 is 0 Å². The van der Waals surface area contributed by atoms with Crippen LogP contribution < -0.4 is 15.0 Å². The lowest BCUT2D eigenvalue weighted by Crippen LogP contribution is -2.28. The van der Waals surface area contributed by atoms with Crippen molar-refractivity contribution < 1.29 is 28.8 Å². The van der Waals surface area contributed by atoms with Gasteiger partial charge < -0.3 is 19.7 Å². The smallest absolute Gasteiger partial charge is 0.311 e. The van der Waals surface area contributed by atoms with Crippen LogP contribution in [0, 0.1) is 23.0 Å². The molecule has 168 valence electrons. The van der Waals surface area contributed by atoms with Gasteiger partial charge in [0.25, 0.3) is 11.6 Å². The number of nitrogens with one attached hydrogen (secondary N) is 1. The van der Waals surface area contributed by atoms with Gasteiger partial charge in [0.05, 0.1) is 23.1 Å². The molecule has 0 radical (unpaired) electrons. The highest BCUT2D eigenvalue weighted by Gasteiger charge is 2.37. The molecule has 1 atom stereocenters. The minimum absolute atomic E-state index is 0.0366. The summed E-state index contributed by atoms with van der Waals surface area (Å²) < 4.78 is 10.6. The summed E-state index contributed by atoms with van der Waals surface area (Å²) in [5.41, 5.74) is 1.13. The summed E-state index contributed by atoms with van der Waals surface area (Å²) in [6, 6.07) is 11.3. The first-order valence-electron chi connectivity index (χ1n) is 10.0. The maximum absolute atomic E-state index is 12.5. The summed E-state index contributed by atoms with van der Waals surface area (Å²) in [5.74, 6) is -1.72. The van der Waals surface area contributed by atoms with Gasteiger partial charge in [-0.25, -0.2) is 0 Å². The number of carbonyl (C=O) groups is 3. The van der Waals surface area contributed by atoms with Crippen LogP contribution in [0.4, 0.5) is 17.1 Å². The molecular formula is C22H23N3O7. The molecule has 0 aromatic heterocycles. The predicted octanol–water partition coefficient (Wildman–Crippen LogP) is 2.84. The summed E-state index contributed by atoms with van der Waals surface area (Å²) in [6.07, 6.45) is -0.0366. The molecule has 1 heterocycles. The van der Waals surface area contributed by atoms with Gasteiger partial charge in [-0.15, -0.1) is 0 Å². The number of aryl methyl sites for hydroxylation is 1. The van der Waals surface area contributed by atoms with Crippen LogP contribution in [0.15, 0.2) is 42.5 Å². The molecule has 1 fully saturated rings. The van der Waals surface area contributed by atoms with Crippen LogP contribution in [0.5, 0.6) is 5.75 Å². The number of hydrogen-bond donors (Lipinski definition) is 1. The summed E-state index contributed by atoms with van der Waals surface area (Å²) in [4.78, 5) is 49.0. The average Bonchev–Trinajstić information content (AvgIpc) is 3.15. The lowest BCUT2D eigenvalue weighted by atomic mass is 10.1. The van der Waals surface area contributed by atoms with E-state index in [9.17, 15) is 24.5 Å². The summed E-state index contributed by atoms with van der Waals surface area (Å²) in [6.45, 7) is 3.41. The maximum Gasteiger partial charge on any atom is 0.311 e. The van der Waals surface area contributed by atoms with E-state index in [-0.39, 0.29) is 30.2 Å². The average molecular weight is 441 g/mol. The van der Waals surface area contributed by atoms with E-state index < -0.39 is 29.3 Å². The number of nitro groups is 1. The Kier molecular flexibility index (Phi) is 7.04. The lowest BCUT2D eigenvalue weighted by molar-refractivity contribution is -0.385. The Labute approximate surface area is 184 Å². The topological polar surface area (TPSA) is 128 Å². The molecule has 32 heavy (non-hydrogen) atoms. The van der Waals surface area contributed by atoms with Crippen molar-refractivity contribution in [3.8, 4) is 5.75 Å². The molecule has 3 rings (SSSR count). The van der Waals surface area contributed by atoms with Gasteiger partial charge in [0, 0.05) is 30.3 Å². The van der Waals surface area contributed by atoms with Gasteiger partial charge >= 0.3 is 5.97 Å². The third kappa shape index (κ3) is 5.20. The number of ether oxygens (including phenoxy) is 2. The first-order chi connectivity index (χ1) is 15.3. The third-order valence-corrected chi connectivity index (χ3v) is 4.95. The van der Waals surface area contributed by atoms with Crippen LogP contribution >= 0.6 is 0 Å². The van der Waals surface area contributed by atoms with Gasteiger partial charge in [0.2, 0.25) is 5.91 Å². The van der Waals surface area contributed by atoms with E-state index in [1.54, 1.807) is 31.2 Å². The lowest BCUT2D eigenvalue weighted by Gasteiger charge is -2.19. The quantitative estimate of drug-likeness (QED) is 0.379. The number of para-hydroxylation sites is 2. The van der Waals surface area contributed by atoms with Crippen molar-refractivity contribution in [1.82, 2.24) is 0 Å². The molecule has 0 unspecified atom stereocenters. The van der Waals surface area contributed by atoms with Gasteiger partial charge in [-0.3, -0.25) is 24.5 Å². The Morgan fingerprint density at radius 1 is 1.25 bits per heavy atom. The van der Waals surface area contributed by atoms with Crippen LogP contribution in [0.1, 0.15) is 18.9 Å². The fraction of sp³-hybridized carbons (Fsp3) is 0.318. The molecule has 2 amide bonds. The fourth-order valence-corrected chi connectivity index (χ4v) is 3.39. The number of esters is 1. The Bertz CT molecular complexity index is 1050. The van der Waals surface area contributed by atoms with Crippen molar-refractivity contribution in [3.05, 3.63) is 58.1 Å². The van der Waals surface area contributed by atoms with Gasteiger partial charge in [-0.1, -0.05) is 18.2 Å². The summed E-state index contributed by atoms with van der Waals surface area (Å²) >= 11 is 0. The molecule has 2 aromatic carbocycles. The Morgan fingerprint density at radius 2 is 2.00 bits per heavy atom. The minimum atomic E-state index is -0.717. The van der Waals surface area contributed by atoms with Crippen LogP contribution in [0.2, 0.25) is 0 Å². The molecule has 0 aliphatic carbocycles. The van der Waals surface area contributed by atoms with Crippen LogP contribution in [0.3, 0.4) is 0 Å². The number of hydrogen-bond acceptors (Lipinski definition) is 7. The molecule has 0 saturated carbocycles. The van der Waals surface area contributed by atoms with Crippen molar-refractivity contribution in [3.63, 3.8) is 0 Å². The van der Waals surface area contributed by atoms with E-state index in [0.717, 1.165) is 0 Å². The zero-order valence-electron chi connectivity index (χ0n) is 17.7. The van der Waals surface area contributed by atoms with Crippen LogP contribution in [0.25, 0.3) is 0 Å². The van der Waals surface area contributed by atoms with Crippen LogP contribution in [-0.4, -0.2) is 42.5 Å². The van der Waals surface area contributed by atoms with Crippen LogP contribution in [-0.2, 0) is 19.1 Å². The number of benzene rings is 2. The second-order valence-corrected chi connectivity index (χ2v) is 7.22. The van der Waals surface area contributed by atoms with Crippen molar-refractivity contribution in [1.29, 1.82) is 0 Å². The van der Waals surface area contributed by atoms with Gasteiger partial charge in [0.1, 0.15) is 5.75 Å². The fourth-order valence-electron chi connectivity index (χ4n) is 3.39. The van der Waals surface area contributed by atoms with Crippen molar-refractivity contribution >= 4 is 34.8 Å². The van der Waals surface area contributed by atoms with E-state index in [0.29, 0.717) is 23.6 Å². The number of amides is 2. The summed E-state index contributed by atoms with van der Waals surface area (Å²) in [5, 5.41) is 13.5. The van der Waals surface area contributed by atoms with Gasteiger partial charge in [-0.2, -0.15) is 0 Å². The first kappa shape index (κ1) is 22.7. The van der Waals surface area contributed by atoms with E-state index in [1.165, 1.54) is 23.1 Å². The maximum atomic E-state index is 12.5. The molecule has 0 spiro atoms. The second-order valence-electron chi connectivity index (χ2n) is 7.22. The Hall–Kier alpha value is -3.95. The van der Waals surface area contributed by atoms with E-state index in [4.69, 9.17) is 9.47 Å². The number of rotatable bonds is 8. The molecular weight excluding hydrogens is 418 g/mol. The highest BCUT2D eigenvalue weighted by atomic mass is 16.6. The monoisotopic (exact) mass is 441 g/mol. The molecule has 1 saturated heterocycles. The Morgan fingerprint density at radius 3 is 2.72 bits per heavy atom. The molecule has 1 aliphatic rings. The first-order valence-corrected chi connectivity index (χ1v) is 10.0. The highest BCUT2D eigenvalue weighted by molar-refractivity contribution is 6.01. The summed E-state index contributed by atoms with van der Waals surface area (Å²) in [7, 11) is 0. The normalized spacial score (nSPS) is 15.4. The molecule has 2 aromatic rings. The largest absolute Gasteiger partial charge is 0.492 e. The number of anilines is 2. The molecule has 10 nitrogen and oxygen atoms in total. The number of nitro benzene ring substituents is 1. The highest BCUT2D eigenvalue weighted by Crippen LogP contribution is 2.33. The van der Waals surface area contributed by atoms with Crippen molar-refractivity contribution in [2.24, 2.45) is 5.92 Å². The van der Waals surface area contributed by atoms with Crippen molar-refractivity contribution in [2.45, 2.75) is 20.3 Å². The van der Waals surface area contributed by atoms with E-state index in [2.05, 4.69) is 5.32 Å². The Balaban J connectivity index is 1.57. The zero-order valence-corrected chi connectivity index (χ0v) is 17.7. The molecule has 1 aliphatic heterocycles. The van der Waals surface area contributed by atoms with Gasteiger partial charge in [0.15, 0.2) is 6.61 Å². The predicted molar refractivity (Wildman–Crippen MR) is 115 cm³/mol. The number of carbonyl (C=O) groups excluding carboxylic acids is 3. The molecule has 1 N–H and O–H groups in total.